The van der Waals surface area contributed by atoms with Crippen LogP contribution in [0.2, 0.25) is 0 Å². The minimum absolute atomic E-state index is 0.186. The highest BCUT2D eigenvalue weighted by atomic mass is 16.1. The molecule has 0 saturated carbocycles. The fourth-order valence-corrected chi connectivity index (χ4v) is 5.28. The number of primary amides is 1. The van der Waals surface area contributed by atoms with Crippen LogP contribution in [0, 0.1) is 5.92 Å². The predicted molar refractivity (Wildman–Crippen MR) is 129 cm³/mol. The standard InChI is InChI=1S/C27H39N3O/c28-19-12-4-2-1-3-5-13-20-30-21-18-25(22-30)27(26(29)31,23-14-8-6-9-15-23)24-16-10-7-11-17-24/h6-11,14-17,25H,1-5,12-13,18-22,28H2,(H2,29,31)/t25-/m1/s1. The van der Waals surface area contributed by atoms with Crippen molar-refractivity contribution in [2.45, 2.75) is 56.8 Å². The van der Waals surface area contributed by atoms with Crippen molar-refractivity contribution < 1.29 is 4.79 Å². The summed E-state index contributed by atoms with van der Waals surface area (Å²) in [5, 5.41) is 0. The molecule has 2 aromatic rings. The lowest BCUT2D eigenvalue weighted by Gasteiger charge is -2.37. The van der Waals surface area contributed by atoms with Gasteiger partial charge >= 0.3 is 0 Å². The van der Waals surface area contributed by atoms with Crippen LogP contribution in [0.4, 0.5) is 0 Å². The fourth-order valence-electron chi connectivity index (χ4n) is 5.28. The molecule has 1 saturated heterocycles. The van der Waals surface area contributed by atoms with Gasteiger partial charge < -0.3 is 16.4 Å². The maximum atomic E-state index is 13.1. The first kappa shape index (κ1) is 23.5. The molecule has 0 unspecified atom stereocenters. The number of carbonyl (C=O) groups excluding carboxylic acids is 1. The molecule has 3 rings (SSSR count). The molecular formula is C27H39N3O. The van der Waals surface area contributed by atoms with Gasteiger partial charge in [-0.3, -0.25) is 4.79 Å². The van der Waals surface area contributed by atoms with E-state index in [9.17, 15) is 4.79 Å². The van der Waals surface area contributed by atoms with Crippen LogP contribution in [-0.2, 0) is 10.2 Å². The van der Waals surface area contributed by atoms with E-state index in [1.807, 2.05) is 36.4 Å². The minimum atomic E-state index is -0.778. The van der Waals surface area contributed by atoms with E-state index >= 15 is 0 Å². The van der Waals surface area contributed by atoms with Gasteiger partial charge in [-0.2, -0.15) is 0 Å². The van der Waals surface area contributed by atoms with Gasteiger partial charge in [-0.15, -0.1) is 0 Å². The van der Waals surface area contributed by atoms with E-state index in [0.717, 1.165) is 50.1 Å². The molecule has 31 heavy (non-hydrogen) atoms. The van der Waals surface area contributed by atoms with E-state index in [0.29, 0.717) is 0 Å². The molecule has 0 bridgehead atoms. The second kappa shape index (κ2) is 12.0. The van der Waals surface area contributed by atoms with Crippen molar-refractivity contribution in [2.24, 2.45) is 17.4 Å². The quantitative estimate of drug-likeness (QED) is 0.469. The van der Waals surface area contributed by atoms with Gasteiger partial charge in [-0.1, -0.05) is 92.8 Å². The number of carbonyl (C=O) groups is 1. The van der Waals surface area contributed by atoms with Gasteiger partial charge in [0.1, 0.15) is 5.41 Å². The Morgan fingerprint density at radius 3 is 1.87 bits per heavy atom. The van der Waals surface area contributed by atoms with Gasteiger partial charge in [0.2, 0.25) is 5.91 Å². The van der Waals surface area contributed by atoms with Crippen LogP contribution in [0.25, 0.3) is 0 Å². The maximum absolute atomic E-state index is 13.1. The monoisotopic (exact) mass is 421 g/mol. The van der Waals surface area contributed by atoms with Gasteiger partial charge in [0.25, 0.3) is 0 Å². The zero-order chi connectivity index (χ0) is 21.9. The molecule has 1 atom stereocenters. The molecule has 1 fully saturated rings. The van der Waals surface area contributed by atoms with Crippen LogP contribution in [-0.4, -0.2) is 37.0 Å². The predicted octanol–water partition coefficient (Wildman–Crippen LogP) is 4.47. The topological polar surface area (TPSA) is 72.3 Å². The molecule has 1 aliphatic rings. The van der Waals surface area contributed by atoms with Crippen LogP contribution in [0.5, 0.6) is 0 Å². The van der Waals surface area contributed by atoms with Gasteiger partial charge in [0.15, 0.2) is 0 Å². The molecule has 4 nitrogen and oxygen atoms in total. The number of amides is 1. The number of likely N-dealkylation sites (tertiary alicyclic amines) is 1. The van der Waals surface area contributed by atoms with Gasteiger partial charge in [0, 0.05) is 6.54 Å². The van der Waals surface area contributed by atoms with E-state index in [2.05, 4.69) is 29.2 Å². The third-order valence-electron chi connectivity index (χ3n) is 6.91. The number of nitrogens with zero attached hydrogens (tertiary/aromatic N) is 1. The molecule has 4 N–H and O–H groups in total. The maximum Gasteiger partial charge on any atom is 0.232 e. The zero-order valence-corrected chi connectivity index (χ0v) is 18.8. The summed E-state index contributed by atoms with van der Waals surface area (Å²) >= 11 is 0. The highest BCUT2D eigenvalue weighted by molar-refractivity contribution is 5.91. The highest BCUT2D eigenvalue weighted by Crippen LogP contribution is 2.43. The lowest BCUT2D eigenvalue weighted by Crippen LogP contribution is -2.49. The van der Waals surface area contributed by atoms with Gasteiger partial charge in [0.05, 0.1) is 0 Å². The summed E-state index contributed by atoms with van der Waals surface area (Å²) in [6.07, 6.45) is 9.84. The molecule has 2 aromatic carbocycles. The lowest BCUT2D eigenvalue weighted by atomic mass is 9.64. The number of benzene rings is 2. The van der Waals surface area contributed by atoms with Gasteiger partial charge in [-0.05, 0) is 55.9 Å². The van der Waals surface area contributed by atoms with E-state index in [4.69, 9.17) is 11.5 Å². The van der Waals surface area contributed by atoms with Crippen LogP contribution < -0.4 is 11.5 Å². The van der Waals surface area contributed by atoms with Crippen LogP contribution in [0.15, 0.2) is 60.7 Å². The summed E-state index contributed by atoms with van der Waals surface area (Å²) in [7, 11) is 0. The Bertz CT molecular complexity index is 738. The summed E-state index contributed by atoms with van der Waals surface area (Å²) in [5.41, 5.74) is 13.0. The third-order valence-corrected chi connectivity index (χ3v) is 6.91. The highest BCUT2D eigenvalue weighted by Gasteiger charge is 2.49. The summed E-state index contributed by atoms with van der Waals surface area (Å²) in [4.78, 5) is 15.6. The molecular weight excluding hydrogens is 382 g/mol. The first-order valence-electron chi connectivity index (χ1n) is 12.0. The fraction of sp³-hybridized carbons (Fsp3) is 0.519. The third kappa shape index (κ3) is 5.75. The van der Waals surface area contributed by atoms with Crippen molar-refractivity contribution in [3.05, 3.63) is 71.8 Å². The average molecular weight is 422 g/mol. The molecule has 1 amide bonds. The van der Waals surface area contributed by atoms with Crippen LogP contribution in [0.1, 0.15) is 62.5 Å². The molecule has 1 aliphatic heterocycles. The molecule has 0 spiro atoms. The van der Waals surface area contributed by atoms with E-state index in [1.165, 1.54) is 38.5 Å². The Labute approximate surface area is 188 Å². The molecule has 4 heteroatoms. The summed E-state index contributed by atoms with van der Waals surface area (Å²) in [5.74, 6) is -0.0553. The van der Waals surface area contributed by atoms with E-state index < -0.39 is 5.41 Å². The average Bonchev–Trinajstić information content (AvgIpc) is 3.26. The second-order valence-electron chi connectivity index (χ2n) is 8.95. The number of hydrogen-bond donors (Lipinski definition) is 2. The summed E-state index contributed by atoms with van der Waals surface area (Å²) in [6.45, 7) is 3.88. The smallest absolute Gasteiger partial charge is 0.232 e. The lowest BCUT2D eigenvalue weighted by molar-refractivity contribution is -0.123. The van der Waals surface area contributed by atoms with Crippen molar-refractivity contribution >= 4 is 5.91 Å². The minimum Gasteiger partial charge on any atom is -0.369 e. The first-order chi connectivity index (χ1) is 15.2. The first-order valence-corrected chi connectivity index (χ1v) is 12.0. The SMILES string of the molecule is NCCCCCCCCCN1CC[C@@H](C(C(N)=O)(c2ccccc2)c2ccccc2)C1. The van der Waals surface area contributed by atoms with E-state index in [-0.39, 0.29) is 11.8 Å². The Hall–Kier alpha value is -2.17. The normalized spacial score (nSPS) is 17.1. The Morgan fingerprint density at radius 2 is 1.35 bits per heavy atom. The largest absolute Gasteiger partial charge is 0.369 e. The summed E-state index contributed by atoms with van der Waals surface area (Å²) < 4.78 is 0. The number of unbranched alkanes of at least 4 members (excludes halogenated alkanes) is 6. The summed E-state index contributed by atoms with van der Waals surface area (Å²) in [6, 6.07) is 20.3. The molecule has 1 heterocycles. The van der Waals surface area contributed by atoms with Crippen LogP contribution >= 0.6 is 0 Å². The van der Waals surface area contributed by atoms with Gasteiger partial charge in [-0.25, -0.2) is 0 Å². The Kier molecular flexibility index (Phi) is 9.11. The molecule has 0 aliphatic carbocycles. The number of nitrogens with two attached hydrogens (primary N) is 2. The second-order valence-corrected chi connectivity index (χ2v) is 8.95. The van der Waals surface area contributed by atoms with Crippen molar-refractivity contribution in [2.75, 3.05) is 26.2 Å². The Morgan fingerprint density at radius 1 is 0.839 bits per heavy atom. The van der Waals surface area contributed by atoms with Crippen molar-refractivity contribution in [1.82, 2.24) is 4.90 Å². The van der Waals surface area contributed by atoms with E-state index in [1.54, 1.807) is 0 Å². The van der Waals surface area contributed by atoms with Crippen molar-refractivity contribution in [3.8, 4) is 0 Å². The molecule has 168 valence electrons. The zero-order valence-electron chi connectivity index (χ0n) is 18.8. The number of rotatable bonds is 13. The van der Waals surface area contributed by atoms with Crippen LogP contribution in [0.3, 0.4) is 0 Å². The Balaban J connectivity index is 1.65. The molecule has 0 aromatic heterocycles. The molecule has 0 radical (unpaired) electrons. The number of hydrogen-bond acceptors (Lipinski definition) is 3. The van der Waals surface area contributed by atoms with Crippen molar-refractivity contribution in [3.63, 3.8) is 0 Å². The van der Waals surface area contributed by atoms with Crippen molar-refractivity contribution in [1.29, 1.82) is 0 Å².